The van der Waals surface area contributed by atoms with Crippen molar-refractivity contribution in [3.05, 3.63) is 58.9 Å². The minimum atomic E-state index is -0.455. The van der Waals surface area contributed by atoms with Crippen LogP contribution in [0.5, 0.6) is 0 Å². The predicted octanol–water partition coefficient (Wildman–Crippen LogP) is 3.98. The van der Waals surface area contributed by atoms with Crippen LogP contribution in [0.3, 0.4) is 0 Å². The standard InChI is InChI=1S/C19H18O3/c1-11-7-8-14-5-4-6-15(17(14)9-11)18(20)19(21)16-10-12(2)22-13(16)3/h4-9,12H,10H2,1-3H3. The van der Waals surface area contributed by atoms with Crippen LogP contribution in [0.1, 0.15) is 36.2 Å². The largest absolute Gasteiger partial charge is 0.495 e. The van der Waals surface area contributed by atoms with E-state index in [2.05, 4.69) is 0 Å². The van der Waals surface area contributed by atoms with Gasteiger partial charge in [-0.1, -0.05) is 42.0 Å². The van der Waals surface area contributed by atoms with Gasteiger partial charge < -0.3 is 4.74 Å². The van der Waals surface area contributed by atoms with E-state index in [4.69, 9.17) is 4.74 Å². The number of hydrogen-bond donors (Lipinski definition) is 0. The monoisotopic (exact) mass is 294 g/mol. The molecule has 0 saturated heterocycles. The first-order valence-corrected chi connectivity index (χ1v) is 7.42. The zero-order chi connectivity index (χ0) is 15.9. The molecule has 3 nitrogen and oxygen atoms in total. The number of fused-ring (bicyclic) bond motifs is 1. The van der Waals surface area contributed by atoms with Gasteiger partial charge in [0.25, 0.3) is 0 Å². The summed E-state index contributed by atoms with van der Waals surface area (Å²) in [6.07, 6.45) is 0.460. The van der Waals surface area contributed by atoms with E-state index in [0.717, 1.165) is 16.3 Å². The first-order valence-electron chi connectivity index (χ1n) is 7.42. The molecule has 2 aromatic carbocycles. The lowest BCUT2D eigenvalue weighted by Crippen LogP contribution is -2.17. The van der Waals surface area contributed by atoms with Crippen molar-refractivity contribution < 1.29 is 14.3 Å². The molecule has 0 aliphatic carbocycles. The second kappa shape index (κ2) is 5.41. The average molecular weight is 294 g/mol. The van der Waals surface area contributed by atoms with Crippen molar-refractivity contribution in [3.63, 3.8) is 0 Å². The highest BCUT2D eigenvalue weighted by Gasteiger charge is 2.30. The maximum absolute atomic E-state index is 12.7. The molecule has 0 fully saturated rings. The Labute approximate surface area is 129 Å². The Morgan fingerprint density at radius 2 is 1.86 bits per heavy atom. The SMILES string of the molecule is CC1=C(C(=O)C(=O)c2cccc3ccc(C)cc23)CC(C)O1. The molecule has 0 bridgehead atoms. The molecule has 0 spiro atoms. The maximum atomic E-state index is 12.7. The number of ketones is 2. The lowest BCUT2D eigenvalue weighted by atomic mass is 9.94. The van der Waals surface area contributed by atoms with Gasteiger partial charge in [0.15, 0.2) is 0 Å². The van der Waals surface area contributed by atoms with E-state index in [0.29, 0.717) is 23.3 Å². The number of allylic oxidation sites excluding steroid dienone is 1. The van der Waals surface area contributed by atoms with Crippen molar-refractivity contribution in [3.8, 4) is 0 Å². The van der Waals surface area contributed by atoms with Gasteiger partial charge in [-0.05, 0) is 31.5 Å². The molecule has 0 aromatic heterocycles. The number of benzene rings is 2. The average Bonchev–Trinajstić information content (AvgIpc) is 2.83. The fraction of sp³-hybridized carbons (Fsp3) is 0.263. The third kappa shape index (κ3) is 2.43. The molecule has 0 saturated carbocycles. The minimum Gasteiger partial charge on any atom is -0.495 e. The maximum Gasteiger partial charge on any atom is 0.233 e. The summed E-state index contributed by atoms with van der Waals surface area (Å²) in [5.74, 6) is -0.332. The zero-order valence-corrected chi connectivity index (χ0v) is 13.0. The van der Waals surface area contributed by atoms with Crippen LogP contribution in [-0.4, -0.2) is 17.7 Å². The third-order valence-corrected chi connectivity index (χ3v) is 4.06. The molecular weight excluding hydrogens is 276 g/mol. The van der Waals surface area contributed by atoms with Gasteiger partial charge in [-0.3, -0.25) is 9.59 Å². The van der Waals surface area contributed by atoms with Crippen molar-refractivity contribution in [2.45, 2.75) is 33.3 Å². The van der Waals surface area contributed by atoms with E-state index in [-0.39, 0.29) is 6.10 Å². The summed E-state index contributed by atoms with van der Waals surface area (Å²) in [5.41, 5.74) is 2.03. The molecule has 0 amide bonds. The predicted molar refractivity (Wildman–Crippen MR) is 85.9 cm³/mol. The fourth-order valence-corrected chi connectivity index (χ4v) is 2.94. The molecule has 2 aromatic rings. The molecule has 0 N–H and O–H groups in total. The Morgan fingerprint density at radius 1 is 1.09 bits per heavy atom. The lowest BCUT2D eigenvalue weighted by molar-refractivity contribution is -0.112. The van der Waals surface area contributed by atoms with Crippen LogP contribution in [0.15, 0.2) is 47.7 Å². The molecule has 0 radical (unpaired) electrons. The van der Waals surface area contributed by atoms with Gasteiger partial charge in [-0.2, -0.15) is 0 Å². The van der Waals surface area contributed by atoms with Gasteiger partial charge in [0.05, 0.1) is 6.10 Å². The van der Waals surface area contributed by atoms with Crippen LogP contribution < -0.4 is 0 Å². The molecule has 112 valence electrons. The number of ether oxygens (including phenoxy) is 1. The third-order valence-electron chi connectivity index (χ3n) is 4.06. The second-order valence-corrected chi connectivity index (χ2v) is 5.86. The van der Waals surface area contributed by atoms with Crippen LogP contribution in [0.2, 0.25) is 0 Å². The number of hydrogen-bond acceptors (Lipinski definition) is 3. The normalized spacial score (nSPS) is 17.7. The second-order valence-electron chi connectivity index (χ2n) is 5.86. The quantitative estimate of drug-likeness (QED) is 0.635. The number of Topliss-reactive ketones (excluding diaryl/α,β-unsaturated/α-hetero) is 2. The molecular formula is C19H18O3. The van der Waals surface area contributed by atoms with Crippen LogP contribution in [-0.2, 0) is 9.53 Å². The van der Waals surface area contributed by atoms with Crippen LogP contribution in [0.4, 0.5) is 0 Å². The summed E-state index contributed by atoms with van der Waals surface area (Å²) < 4.78 is 5.49. The number of carbonyl (C=O) groups is 2. The molecule has 1 heterocycles. The number of aryl methyl sites for hydroxylation is 1. The van der Waals surface area contributed by atoms with Crippen LogP contribution in [0.25, 0.3) is 10.8 Å². The molecule has 1 aliphatic heterocycles. The molecule has 22 heavy (non-hydrogen) atoms. The van der Waals surface area contributed by atoms with Crippen molar-refractivity contribution in [1.82, 2.24) is 0 Å². The Bertz CT molecular complexity index is 815. The van der Waals surface area contributed by atoms with E-state index < -0.39 is 11.6 Å². The first-order chi connectivity index (χ1) is 10.5. The molecule has 1 unspecified atom stereocenters. The number of rotatable bonds is 3. The van der Waals surface area contributed by atoms with Crippen molar-refractivity contribution in [1.29, 1.82) is 0 Å². The topological polar surface area (TPSA) is 43.4 Å². The Kier molecular flexibility index (Phi) is 3.57. The van der Waals surface area contributed by atoms with E-state index in [1.807, 2.05) is 44.2 Å². The highest BCUT2D eigenvalue weighted by atomic mass is 16.5. The van der Waals surface area contributed by atoms with Gasteiger partial charge in [0, 0.05) is 17.6 Å². The minimum absolute atomic E-state index is 0.0403. The highest BCUT2D eigenvalue weighted by molar-refractivity contribution is 6.50. The zero-order valence-electron chi connectivity index (χ0n) is 13.0. The van der Waals surface area contributed by atoms with Crippen molar-refractivity contribution in [2.24, 2.45) is 0 Å². The lowest BCUT2D eigenvalue weighted by Gasteiger charge is -2.07. The van der Waals surface area contributed by atoms with E-state index >= 15 is 0 Å². The van der Waals surface area contributed by atoms with Crippen molar-refractivity contribution >= 4 is 22.3 Å². The summed E-state index contributed by atoms with van der Waals surface area (Å²) in [6.45, 7) is 5.62. The van der Waals surface area contributed by atoms with Crippen LogP contribution >= 0.6 is 0 Å². The summed E-state index contributed by atoms with van der Waals surface area (Å²) in [6, 6.07) is 11.4. The highest BCUT2D eigenvalue weighted by Crippen LogP contribution is 2.28. The van der Waals surface area contributed by atoms with Gasteiger partial charge in [0.1, 0.15) is 5.76 Å². The molecule has 1 aliphatic rings. The van der Waals surface area contributed by atoms with E-state index in [9.17, 15) is 9.59 Å². The summed E-state index contributed by atoms with van der Waals surface area (Å²) in [7, 11) is 0. The van der Waals surface area contributed by atoms with E-state index in [1.54, 1.807) is 13.0 Å². The Morgan fingerprint density at radius 3 is 2.55 bits per heavy atom. The van der Waals surface area contributed by atoms with Gasteiger partial charge in [0.2, 0.25) is 11.6 Å². The van der Waals surface area contributed by atoms with E-state index in [1.165, 1.54) is 0 Å². The molecule has 3 rings (SSSR count). The Hall–Kier alpha value is -2.42. The fourth-order valence-electron chi connectivity index (χ4n) is 2.94. The summed E-state index contributed by atoms with van der Waals surface area (Å²) in [5, 5.41) is 1.79. The van der Waals surface area contributed by atoms with Crippen LogP contribution in [0, 0.1) is 6.92 Å². The molecule has 3 heteroatoms. The smallest absolute Gasteiger partial charge is 0.233 e. The number of carbonyl (C=O) groups excluding carboxylic acids is 2. The van der Waals surface area contributed by atoms with Gasteiger partial charge in [-0.25, -0.2) is 0 Å². The summed E-state index contributed by atoms with van der Waals surface area (Å²) in [4.78, 5) is 25.2. The summed E-state index contributed by atoms with van der Waals surface area (Å²) >= 11 is 0. The first kappa shape index (κ1) is 14.5. The van der Waals surface area contributed by atoms with Gasteiger partial charge in [-0.15, -0.1) is 0 Å². The Balaban J connectivity index is 2.04. The van der Waals surface area contributed by atoms with Crippen molar-refractivity contribution in [2.75, 3.05) is 0 Å². The molecule has 1 atom stereocenters. The van der Waals surface area contributed by atoms with Gasteiger partial charge >= 0.3 is 0 Å².